The summed E-state index contributed by atoms with van der Waals surface area (Å²) in [6.45, 7) is 6.35. The number of carbonyl (C=O) groups is 2. The number of piperidine rings is 1. The largest absolute Gasteiger partial charge is 0.336 e. The number of hydrogen-bond donors (Lipinski definition) is 1. The number of nitrogens with zero attached hydrogens (tertiary/aromatic N) is 6. The van der Waals surface area contributed by atoms with Crippen LogP contribution in [-0.4, -0.2) is 58.7 Å². The summed E-state index contributed by atoms with van der Waals surface area (Å²) in [5.41, 5.74) is 2.71. The number of benzene rings is 1. The van der Waals surface area contributed by atoms with Gasteiger partial charge in [0.05, 0.1) is 22.5 Å². The zero-order valence-electron chi connectivity index (χ0n) is 19.4. The summed E-state index contributed by atoms with van der Waals surface area (Å²) in [6.07, 6.45) is 3.22. The summed E-state index contributed by atoms with van der Waals surface area (Å²) in [7, 11) is 0. The highest BCUT2D eigenvalue weighted by atomic mass is 32.2. The molecule has 0 saturated carbocycles. The molecule has 0 aliphatic carbocycles. The molecule has 0 unspecified atom stereocenters. The summed E-state index contributed by atoms with van der Waals surface area (Å²) in [5.74, 6) is 0.729. The third-order valence-corrected chi connectivity index (χ3v) is 8.05. The van der Waals surface area contributed by atoms with Gasteiger partial charge in [0, 0.05) is 17.5 Å². The number of amides is 2. The van der Waals surface area contributed by atoms with Crippen LogP contribution in [0.2, 0.25) is 0 Å². The van der Waals surface area contributed by atoms with Crippen LogP contribution in [0.25, 0.3) is 16.8 Å². The molecule has 0 radical (unpaired) electrons. The predicted molar refractivity (Wildman–Crippen MR) is 134 cm³/mol. The van der Waals surface area contributed by atoms with Gasteiger partial charge in [-0.05, 0) is 52.2 Å². The van der Waals surface area contributed by atoms with Gasteiger partial charge < -0.3 is 10.2 Å². The molecule has 4 heterocycles. The van der Waals surface area contributed by atoms with Crippen LogP contribution in [-0.2, 0) is 16.1 Å². The van der Waals surface area contributed by atoms with Crippen molar-refractivity contribution in [3.05, 3.63) is 35.3 Å². The molecule has 1 fully saturated rings. The van der Waals surface area contributed by atoms with E-state index in [4.69, 9.17) is 0 Å². The molecule has 11 heteroatoms. The van der Waals surface area contributed by atoms with E-state index in [2.05, 4.69) is 34.3 Å². The number of rotatable bonds is 6. The van der Waals surface area contributed by atoms with E-state index in [1.807, 2.05) is 50.4 Å². The number of aryl methyl sites for hydroxylation is 1. The smallest absolute Gasteiger partial charge is 0.243 e. The lowest BCUT2D eigenvalue weighted by Crippen LogP contribution is -2.48. The molecule has 4 aromatic rings. The van der Waals surface area contributed by atoms with Gasteiger partial charge in [0.1, 0.15) is 6.54 Å². The number of thiazole rings is 1. The van der Waals surface area contributed by atoms with Crippen LogP contribution in [0.15, 0.2) is 34.8 Å². The predicted octanol–water partition coefficient (Wildman–Crippen LogP) is 3.97. The second-order valence-corrected chi connectivity index (χ2v) is 10.6. The Morgan fingerprint density at radius 2 is 1.88 bits per heavy atom. The first kappa shape index (κ1) is 22.9. The van der Waals surface area contributed by atoms with Gasteiger partial charge in [-0.15, -0.1) is 21.5 Å². The molecule has 1 N–H and O–H groups in total. The molecule has 5 rings (SSSR count). The highest BCUT2D eigenvalue weighted by Gasteiger charge is 2.30. The van der Waals surface area contributed by atoms with E-state index >= 15 is 0 Å². The van der Waals surface area contributed by atoms with E-state index in [0.29, 0.717) is 16.1 Å². The van der Waals surface area contributed by atoms with Crippen molar-refractivity contribution >= 4 is 56.9 Å². The van der Waals surface area contributed by atoms with E-state index in [1.54, 1.807) is 0 Å². The topological polar surface area (TPSA) is 97.4 Å². The number of thioether (sulfide) groups is 1. The van der Waals surface area contributed by atoms with Gasteiger partial charge in [-0.2, -0.15) is 0 Å². The lowest BCUT2D eigenvalue weighted by molar-refractivity contribution is -0.137. The molecule has 1 aromatic carbocycles. The van der Waals surface area contributed by atoms with Crippen molar-refractivity contribution in [1.29, 1.82) is 0 Å². The normalized spacial score (nSPS) is 18.6. The van der Waals surface area contributed by atoms with Crippen LogP contribution >= 0.6 is 23.1 Å². The molecular formula is C23H27N7O2S2. The Morgan fingerprint density at radius 1 is 1.15 bits per heavy atom. The van der Waals surface area contributed by atoms with Crippen LogP contribution in [0, 0.1) is 6.92 Å². The van der Waals surface area contributed by atoms with Gasteiger partial charge in [0.15, 0.2) is 10.3 Å². The van der Waals surface area contributed by atoms with Crippen LogP contribution in [0.3, 0.4) is 0 Å². The average molecular weight is 498 g/mol. The van der Waals surface area contributed by atoms with Gasteiger partial charge >= 0.3 is 0 Å². The highest BCUT2D eigenvalue weighted by Crippen LogP contribution is 2.28. The maximum Gasteiger partial charge on any atom is 0.243 e. The minimum atomic E-state index is -0.150. The molecule has 178 valence electrons. The molecule has 1 saturated heterocycles. The van der Waals surface area contributed by atoms with E-state index < -0.39 is 0 Å². The Labute approximate surface area is 205 Å². The van der Waals surface area contributed by atoms with Gasteiger partial charge in [0.25, 0.3) is 0 Å². The summed E-state index contributed by atoms with van der Waals surface area (Å²) >= 11 is 2.71. The fourth-order valence-electron chi connectivity index (χ4n) is 4.71. The summed E-state index contributed by atoms with van der Waals surface area (Å²) in [5, 5.41) is 14.7. The first-order chi connectivity index (χ1) is 16.4. The molecule has 1 aliphatic rings. The number of likely N-dealkylation sites (tertiary alicyclic amines) is 1. The lowest BCUT2D eigenvalue weighted by Gasteiger charge is -2.39. The van der Waals surface area contributed by atoms with Crippen molar-refractivity contribution in [3.63, 3.8) is 0 Å². The Hall–Kier alpha value is -2.92. The van der Waals surface area contributed by atoms with E-state index in [0.717, 1.165) is 36.0 Å². The molecule has 2 atom stereocenters. The third kappa shape index (κ3) is 4.29. The van der Waals surface area contributed by atoms with Crippen molar-refractivity contribution in [2.75, 3.05) is 11.1 Å². The van der Waals surface area contributed by atoms with Gasteiger partial charge in [-0.1, -0.05) is 23.9 Å². The minimum Gasteiger partial charge on any atom is -0.336 e. The van der Waals surface area contributed by atoms with Crippen LogP contribution in [0.5, 0.6) is 0 Å². The van der Waals surface area contributed by atoms with Crippen molar-refractivity contribution < 1.29 is 9.59 Å². The molecule has 0 bridgehead atoms. The quantitative estimate of drug-likeness (QED) is 0.405. The number of anilines is 1. The van der Waals surface area contributed by atoms with E-state index in [-0.39, 0.29) is 36.2 Å². The summed E-state index contributed by atoms with van der Waals surface area (Å²) in [4.78, 5) is 32.1. The summed E-state index contributed by atoms with van der Waals surface area (Å²) < 4.78 is 3.86. The maximum absolute atomic E-state index is 13.4. The number of hydrogen-bond acceptors (Lipinski definition) is 7. The Kier molecular flexibility index (Phi) is 6.30. The first-order valence-corrected chi connectivity index (χ1v) is 13.3. The zero-order chi connectivity index (χ0) is 23.8. The molecule has 2 amide bonds. The molecule has 3 aromatic heterocycles. The SMILES string of the molecule is Cc1csc(NC(=O)CSc2nnc3n(CC(=O)N4[C@@H](C)CCC[C@@H]4C)c4ccccc4n23)n1. The maximum atomic E-state index is 13.4. The number of fused-ring (bicyclic) bond motifs is 3. The Bertz CT molecular complexity index is 1350. The monoisotopic (exact) mass is 497 g/mol. The van der Waals surface area contributed by atoms with Crippen LogP contribution in [0.1, 0.15) is 38.8 Å². The van der Waals surface area contributed by atoms with Crippen molar-refractivity contribution in [2.24, 2.45) is 0 Å². The lowest BCUT2D eigenvalue weighted by atomic mass is 9.97. The number of aromatic nitrogens is 5. The third-order valence-electron chi connectivity index (χ3n) is 6.24. The van der Waals surface area contributed by atoms with E-state index in [9.17, 15) is 9.59 Å². The van der Waals surface area contributed by atoms with Crippen molar-refractivity contribution in [1.82, 2.24) is 29.0 Å². The van der Waals surface area contributed by atoms with Crippen LogP contribution in [0.4, 0.5) is 5.13 Å². The number of nitrogens with one attached hydrogen (secondary N) is 1. The van der Waals surface area contributed by atoms with E-state index in [1.165, 1.54) is 23.1 Å². The van der Waals surface area contributed by atoms with Crippen LogP contribution < -0.4 is 5.32 Å². The minimum absolute atomic E-state index is 0.0956. The van der Waals surface area contributed by atoms with Crippen molar-refractivity contribution in [2.45, 2.75) is 63.8 Å². The molecular weight excluding hydrogens is 470 g/mol. The van der Waals surface area contributed by atoms with Crippen molar-refractivity contribution in [3.8, 4) is 0 Å². The average Bonchev–Trinajstić information content (AvgIpc) is 3.48. The highest BCUT2D eigenvalue weighted by molar-refractivity contribution is 7.99. The molecule has 9 nitrogen and oxygen atoms in total. The second kappa shape index (κ2) is 9.38. The number of para-hydroxylation sites is 2. The zero-order valence-corrected chi connectivity index (χ0v) is 21.0. The standard InChI is InChI=1S/C23H27N7O2S2/c1-14-12-33-21(24-14)25-19(31)13-34-23-27-26-22-28(17-9-4-5-10-18(17)30(22)23)11-20(32)29-15(2)7-6-8-16(29)3/h4-5,9-10,12,15-16H,6-8,11,13H2,1-3H3,(H,24,25,31)/t15-,16-/m0/s1. The van der Waals surface area contributed by atoms with Gasteiger partial charge in [-0.3, -0.25) is 18.6 Å². The molecule has 0 spiro atoms. The summed E-state index contributed by atoms with van der Waals surface area (Å²) in [6, 6.07) is 8.36. The van der Waals surface area contributed by atoms with Gasteiger partial charge in [0.2, 0.25) is 17.6 Å². The molecule has 1 aliphatic heterocycles. The number of carbonyl (C=O) groups excluding carboxylic acids is 2. The Balaban J connectivity index is 1.40. The number of imidazole rings is 1. The second-order valence-electron chi connectivity index (χ2n) is 8.75. The molecule has 34 heavy (non-hydrogen) atoms. The fourth-order valence-corrected chi connectivity index (χ4v) is 6.16. The Morgan fingerprint density at radius 3 is 2.59 bits per heavy atom. The first-order valence-electron chi connectivity index (χ1n) is 11.4. The fraction of sp³-hybridized carbons (Fsp3) is 0.435. The van der Waals surface area contributed by atoms with Gasteiger partial charge in [-0.25, -0.2) is 4.98 Å².